The zero-order valence-electron chi connectivity index (χ0n) is 23.7. The van der Waals surface area contributed by atoms with Crippen LogP contribution in [0.5, 0.6) is 23.0 Å². The molecular weight excluding hydrogens is 540 g/mol. The fourth-order valence-electron chi connectivity index (χ4n) is 4.79. The lowest BCUT2D eigenvalue weighted by Crippen LogP contribution is -2.21. The molecule has 0 fully saturated rings. The Morgan fingerprint density at radius 2 is 1.63 bits per heavy atom. The summed E-state index contributed by atoms with van der Waals surface area (Å²) >= 11 is 6.20. The van der Waals surface area contributed by atoms with Crippen molar-refractivity contribution in [3.63, 3.8) is 0 Å². The lowest BCUT2D eigenvalue weighted by Gasteiger charge is -2.26. The molecule has 0 bridgehead atoms. The first-order valence-electron chi connectivity index (χ1n) is 13.8. The van der Waals surface area contributed by atoms with E-state index < -0.39 is 11.9 Å². The van der Waals surface area contributed by atoms with E-state index in [1.807, 2.05) is 38.1 Å². The van der Waals surface area contributed by atoms with Gasteiger partial charge in [0.25, 0.3) is 0 Å². The Balaban J connectivity index is 1.43. The Morgan fingerprint density at radius 1 is 0.951 bits per heavy atom. The van der Waals surface area contributed by atoms with Gasteiger partial charge in [-0.25, -0.2) is 4.79 Å². The van der Waals surface area contributed by atoms with E-state index in [4.69, 9.17) is 36.3 Å². The van der Waals surface area contributed by atoms with Gasteiger partial charge in [-0.2, -0.15) is 5.26 Å². The van der Waals surface area contributed by atoms with Gasteiger partial charge in [0.1, 0.15) is 34.6 Å². The average molecular weight is 575 g/mol. The number of nitrogens with zero attached hydrogens (tertiary/aromatic N) is 1. The lowest BCUT2D eigenvalue weighted by atomic mass is 9.83. The van der Waals surface area contributed by atoms with Gasteiger partial charge in [0.2, 0.25) is 5.88 Å². The molecule has 1 aliphatic rings. The number of nitrogens with two attached hydrogens (primary N) is 1. The molecule has 4 rings (SSSR count). The molecule has 41 heavy (non-hydrogen) atoms. The van der Waals surface area contributed by atoms with Crippen LogP contribution < -0.4 is 24.7 Å². The molecule has 0 amide bonds. The van der Waals surface area contributed by atoms with Crippen molar-refractivity contribution in [1.29, 1.82) is 5.26 Å². The number of ether oxygens (including phenoxy) is 4. The Morgan fingerprint density at radius 3 is 2.32 bits per heavy atom. The molecule has 0 radical (unpaired) electrons. The van der Waals surface area contributed by atoms with Crippen LogP contribution in [0.25, 0.3) is 0 Å². The predicted molar refractivity (Wildman–Crippen MR) is 158 cm³/mol. The molecule has 0 aromatic heterocycles. The molecule has 1 atom stereocenters. The van der Waals surface area contributed by atoms with E-state index in [0.29, 0.717) is 28.7 Å². The molecule has 1 heterocycles. The van der Waals surface area contributed by atoms with Crippen LogP contribution >= 0.6 is 11.6 Å². The van der Waals surface area contributed by atoms with Crippen molar-refractivity contribution in [1.82, 2.24) is 0 Å². The lowest BCUT2D eigenvalue weighted by molar-refractivity contribution is -0.136. The number of carbonyl (C=O) groups excluding carboxylic acids is 1. The van der Waals surface area contributed by atoms with E-state index in [0.717, 1.165) is 40.8 Å². The SMILES string of the molecule is CCCCCCCOc1ccc(C2C(C#N)=C(N)Oc3cc(OC(=O)COc4cc(C)c(Cl)c(C)c4)ccc32)cc1. The number of esters is 1. The van der Waals surface area contributed by atoms with Crippen LogP contribution in [0.1, 0.15) is 67.2 Å². The predicted octanol–water partition coefficient (Wildman–Crippen LogP) is 7.51. The first-order chi connectivity index (χ1) is 19.8. The Kier molecular flexibility index (Phi) is 10.2. The van der Waals surface area contributed by atoms with Crippen molar-refractivity contribution in [2.75, 3.05) is 13.2 Å². The van der Waals surface area contributed by atoms with Gasteiger partial charge in [-0.3, -0.25) is 0 Å². The molecule has 7 nitrogen and oxygen atoms in total. The average Bonchev–Trinajstić information content (AvgIpc) is 2.96. The van der Waals surface area contributed by atoms with Crippen molar-refractivity contribution in [2.24, 2.45) is 5.73 Å². The second kappa shape index (κ2) is 14.0. The molecule has 0 saturated heterocycles. The third-order valence-corrected chi connectivity index (χ3v) is 7.52. The molecule has 2 N–H and O–H groups in total. The first kappa shape index (κ1) is 29.8. The summed E-state index contributed by atoms with van der Waals surface area (Å²) in [6, 6.07) is 18.4. The van der Waals surface area contributed by atoms with E-state index in [1.165, 1.54) is 19.3 Å². The van der Waals surface area contributed by atoms with E-state index in [2.05, 4.69) is 13.0 Å². The maximum Gasteiger partial charge on any atom is 0.349 e. The van der Waals surface area contributed by atoms with Crippen LogP contribution in [0.15, 0.2) is 66.1 Å². The third-order valence-electron chi connectivity index (χ3n) is 6.92. The maximum atomic E-state index is 12.5. The maximum absolute atomic E-state index is 12.5. The van der Waals surface area contributed by atoms with Gasteiger partial charge in [0, 0.05) is 16.7 Å². The largest absolute Gasteiger partial charge is 0.494 e. The number of hydrogen-bond acceptors (Lipinski definition) is 7. The van der Waals surface area contributed by atoms with Crippen LogP contribution in [0.3, 0.4) is 0 Å². The van der Waals surface area contributed by atoms with E-state index in [-0.39, 0.29) is 18.2 Å². The van der Waals surface area contributed by atoms with E-state index >= 15 is 0 Å². The smallest absolute Gasteiger partial charge is 0.349 e. The molecule has 214 valence electrons. The molecule has 1 unspecified atom stereocenters. The molecule has 8 heteroatoms. The van der Waals surface area contributed by atoms with Gasteiger partial charge < -0.3 is 24.7 Å². The van der Waals surface area contributed by atoms with Crippen molar-refractivity contribution in [3.8, 4) is 29.1 Å². The number of aryl methyl sites for hydroxylation is 2. The first-order valence-corrected chi connectivity index (χ1v) is 14.2. The van der Waals surface area contributed by atoms with Crippen molar-refractivity contribution in [2.45, 2.75) is 58.8 Å². The Bertz CT molecular complexity index is 1440. The molecule has 3 aromatic rings. The topological polar surface area (TPSA) is 104 Å². The minimum absolute atomic E-state index is 0.0118. The van der Waals surface area contributed by atoms with Gasteiger partial charge in [-0.05, 0) is 67.3 Å². The van der Waals surface area contributed by atoms with Crippen molar-refractivity contribution in [3.05, 3.63) is 93.3 Å². The van der Waals surface area contributed by atoms with Gasteiger partial charge >= 0.3 is 5.97 Å². The second-order valence-corrected chi connectivity index (χ2v) is 10.5. The van der Waals surface area contributed by atoms with Gasteiger partial charge in [0.15, 0.2) is 6.61 Å². The highest BCUT2D eigenvalue weighted by atomic mass is 35.5. The minimum Gasteiger partial charge on any atom is -0.494 e. The Labute approximate surface area is 246 Å². The normalized spacial score (nSPS) is 14.1. The number of halogens is 1. The third kappa shape index (κ3) is 7.53. The van der Waals surface area contributed by atoms with E-state index in [9.17, 15) is 10.1 Å². The van der Waals surface area contributed by atoms with Crippen LogP contribution in [0, 0.1) is 25.2 Å². The second-order valence-electron chi connectivity index (χ2n) is 10.1. The van der Waals surface area contributed by atoms with E-state index in [1.54, 1.807) is 30.3 Å². The summed E-state index contributed by atoms with van der Waals surface area (Å²) < 4.78 is 22.8. The highest BCUT2D eigenvalue weighted by Crippen LogP contribution is 2.43. The zero-order valence-corrected chi connectivity index (χ0v) is 24.4. The quantitative estimate of drug-likeness (QED) is 0.136. The van der Waals surface area contributed by atoms with Crippen LogP contribution in [0.4, 0.5) is 0 Å². The van der Waals surface area contributed by atoms with Crippen LogP contribution in [0.2, 0.25) is 5.02 Å². The van der Waals surface area contributed by atoms with Crippen molar-refractivity contribution >= 4 is 17.6 Å². The van der Waals surface area contributed by atoms with Gasteiger partial charge in [-0.15, -0.1) is 0 Å². The number of nitriles is 1. The highest BCUT2D eigenvalue weighted by Gasteiger charge is 2.31. The monoisotopic (exact) mass is 574 g/mol. The highest BCUT2D eigenvalue weighted by molar-refractivity contribution is 6.32. The summed E-state index contributed by atoms with van der Waals surface area (Å²) in [5.74, 6) is 0.993. The number of hydrogen-bond donors (Lipinski definition) is 1. The Hall–Kier alpha value is -4.15. The standard InChI is InChI=1S/C33H35ClN2O5/c1-4-5-6-7-8-15-38-24-11-9-23(10-12-24)31-27-14-13-25(18-29(27)41-33(36)28(31)19-35)40-30(37)20-39-26-16-21(2)32(34)22(3)17-26/h9-14,16-18,31H,4-8,15,20,36H2,1-3H3. The number of benzene rings is 3. The van der Waals surface area contributed by atoms with Gasteiger partial charge in [0.05, 0.1) is 12.5 Å². The van der Waals surface area contributed by atoms with Crippen LogP contribution in [-0.4, -0.2) is 19.2 Å². The fourth-order valence-corrected chi connectivity index (χ4v) is 4.90. The molecule has 0 aliphatic carbocycles. The van der Waals surface area contributed by atoms with Crippen molar-refractivity contribution < 1.29 is 23.7 Å². The number of allylic oxidation sites excluding steroid dienone is 1. The number of rotatable bonds is 12. The summed E-state index contributed by atoms with van der Waals surface area (Å²) in [6.07, 6.45) is 5.87. The number of unbranched alkanes of at least 4 members (excludes halogenated alkanes) is 4. The van der Waals surface area contributed by atoms with Crippen LogP contribution in [-0.2, 0) is 4.79 Å². The molecule has 0 spiro atoms. The van der Waals surface area contributed by atoms with Gasteiger partial charge in [-0.1, -0.05) is 62.4 Å². The molecule has 3 aromatic carbocycles. The number of carbonyl (C=O) groups is 1. The fraction of sp³-hybridized carbons (Fsp3) is 0.333. The molecule has 1 aliphatic heterocycles. The summed E-state index contributed by atoms with van der Waals surface area (Å²) in [4.78, 5) is 12.5. The zero-order chi connectivity index (χ0) is 29.4. The summed E-state index contributed by atoms with van der Waals surface area (Å²) in [6.45, 7) is 6.33. The molecule has 0 saturated carbocycles. The molecular formula is C33H35ClN2O5. The number of fused-ring (bicyclic) bond motifs is 1. The summed E-state index contributed by atoms with van der Waals surface area (Å²) in [5.41, 5.74) is 9.79. The summed E-state index contributed by atoms with van der Waals surface area (Å²) in [5, 5.41) is 10.5. The minimum atomic E-state index is -0.579. The summed E-state index contributed by atoms with van der Waals surface area (Å²) in [7, 11) is 0.